The molecule has 0 saturated heterocycles. The molecule has 0 spiro atoms. The highest BCUT2D eigenvalue weighted by Crippen LogP contribution is 2.31. The summed E-state index contributed by atoms with van der Waals surface area (Å²) in [4.78, 5) is -0.326. The van der Waals surface area contributed by atoms with Crippen LogP contribution in [0, 0.1) is 6.92 Å². The van der Waals surface area contributed by atoms with Crippen molar-refractivity contribution in [2.45, 2.75) is 17.3 Å². The van der Waals surface area contributed by atoms with E-state index in [0.717, 1.165) is 12.1 Å². The minimum atomic E-state index is -4.74. The molecule has 0 radical (unpaired) electrons. The van der Waals surface area contributed by atoms with Crippen LogP contribution in [0.25, 0.3) is 0 Å². The van der Waals surface area contributed by atoms with Gasteiger partial charge in [0.15, 0.2) is 4.90 Å². The summed E-state index contributed by atoms with van der Waals surface area (Å²) in [5, 5.41) is 0.181. The average molecular weight is 243 g/mol. The van der Waals surface area contributed by atoms with E-state index in [-0.39, 0.29) is 9.92 Å². The van der Waals surface area contributed by atoms with Crippen LogP contribution in [0.3, 0.4) is 0 Å². The Morgan fingerprint density at radius 1 is 1.36 bits per heavy atom. The van der Waals surface area contributed by atoms with Crippen LogP contribution in [0.15, 0.2) is 23.1 Å². The maximum Gasteiger partial charge on any atom is 0.578 e. The highest BCUT2D eigenvalue weighted by Gasteiger charge is 2.46. The predicted molar refractivity (Wildman–Crippen MR) is 48.7 cm³/mol. The van der Waals surface area contributed by atoms with Crippen LogP contribution in [-0.4, -0.2) is 10.1 Å². The SMILES string of the molecule is Cc1ccc([S+]([O-])C(F)(F)F)cc1Cl. The lowest BCUT2D eigenvalue weighted by atomic mass is 10.2. The number of halogens is 4. The molecular formula is C8H6ClF3OS. The van der Waals surface area contributed by atoms with E-state index < -0.39 is 16.7 Å². The zero-order valence-corrected chi connectivity index (χ0v) is 8.63. The fraction of sp³-hybridized carbons (Fsp3) is 0.250. The first-order valence-corrected chi connectivity index (χ1v) is 5.10. The van der Waals surface area contributed by atoms with Crippen molar-refractivity contribution in [2.24, 2.45) is 0 Å². The van der Waals surface area contributed by atoms with Crippen molar-refractivity contribution in [3.8, 4) is 0 Å². The van der Waals surface area contributed by atoms with Crippen molar-refractivity contribution in [3.63, 3.8) is 0 Å². The molecule has 0 aliphatic rings. The number of alkyl halides is 3. The van der Waals surface area contributed by atoms with E-state index in [2.05, 4.69) is 0 Å². The molecule has 78 valence electrons. The second-order valence-electron chi connectivity index (χ2n) is 2.63. The maximum absolute atomic E-state index is 12.0. The van der Waals surface area contributed by atoms with Gasteiger partial charge in [-0.3, -0.25) is 0 Å². The molecule has 1 rings (SSSR count). The Kier molecular flexibility index (Phi) is 3.34. The third-order valence-electron chi connectivity index (χ3n) is 1.57. The van der Waals surface area contributed by atoms with Crippen molar-refractivity contribution >= 4 is 22.8 Å². The molecule has 0 heterocycles. The van der Waals surface area contributed by atoms with Gasteiger partial charge in [-0.15, -0.1) is 13.2 Å². The van der Waals surface area contributed by atoms with E-state index in [1.807, 2.05) is 0 Å². The first-order chi connectivity index (χ1) is 6.32. The first-order valence-electron chi connectivity index (χ1n) is 3.57. The molecule has 0 aliphatic carbocycles. The molecule has 0 saturated carbocycles. The Labute approximate surface area is 87.1 Å². The van der Waals surface area contributed by atoms with Gasteiger partial charge in [-0.25, -0.2) is 0 Å². The van der Waals surface area contributed by atoms with Crippen molar-refractivity contribution < 1.29 is 17.7 Å². The van der Waals surface area contributed by atoms with Crippen molar-refractivity contribution in [3.05, 3.63) is 28.8 Å². The topological polar surface area (TPSA) is 23.1 Å². The van der Waals surface area contributed by atoms with Gasteiger partial charge in [-0.1, -0.05) is 17.7 Å². The second kappa shape index (κ2) is 4.00. The van der Waals surface area contributed by atoms with E-state index in [1.54, 1.807) is 6.92 Å². The number of hydrogen-bond donors (Lipinski definition) is 0. The van der Waals surface area contributed by atoms with Crippen molar-refractivity contribution in [1.82, 2.24) is 0 Å². The Morgan fingerprint density at radius 2 is 1.93 bits per heavy atom. The lowest BCUT2D eigenvalue weighted by Gasteiger charge is -2.12. The molecule has 0 aliphatic heterocycles. The maximum atomic E-state index is 12.0. The van der Waals surface area contributed by atoms with Gasteiger partial charge < -0.3 is 4.55 Å². The van der Waals surface area contributed by atoms with E-state index in [9.17, 15) is 17.7 Å². The lowest BCUT2D eigenvalue weighted by Crippen LogP contribution is -2.23. The molecule has 1 aromatic rings. The Hall–Kier alpha value is -0.390. The smallest absolute Gasteiger partial charge is 0.578 e. The van der Waals surface area contributed by atoms with Gasteiger partial charge in [0.05, 0.1) is 11.2 Å². The summed E-state index contributed by atoms with van der Waals surface area (Å²) in [5.41, 5.74) is -4.09. The van der Waals surface area contributed by atoms with Crippen LogP contribution >= 0.6 is 11.6 Å². The molecule has 1 unspecified atom stereocenters. The van der Waals surface area contributed by atoms with Crippen LogP contribution in [0.2, 0.25) is 5.02 Å². The second-order valence-corrected chi connectivity index (χ2v) is 4.50. The predicted octanol–water partition coefficient (Wildman–Crippen LogP) is 3.28. The highest BCUT2D eigenvalue weighted by atomic mass is 35.5. The third-order valence-corrected chi connectivity index (χ3v) is 3.08. The number of hydrogen-bond acceptors (Lipinski definition) is 1. The fourth-order valence-electron chi connectivity index (χ4n) is 0.823. The van der Waals surface area contributed by atoms with E-state index in [4.69, 9.17) is 11.6 Å². The van der Waals surface area contributed by atoms with Gasteiger partial charge in [0.1, 0.15) is 0 Å². The van der Waals surface area contributed by atoms with Crippen molar-refractivity contribution in [2.75, 3.05) is 0 Å². The molecule has 0 aromatic heterocycles. The number of rotatable bonds is 1. The van der Waals surface area contributed by atoms with Gasteiger partial charge >= 0.3 is 5.51 Å². The fourth-order valence-corrected chi connectivity index (χ4v) is 1.75. The summed E-state index contributed by atoms with van der Waals surface area (Å²) in [6, 6.07) is 3.63. The molecule has 1 nitrogen and oxygen atoms in total. The molecular weight excluding hydrogens is 237 g/mol. The Balaban J connectivity index is 3.03. The quantitative estimate of drug-likeness (QED) is 0.693. The molecule has 0 N–H and O–H groups in total. The van der Waals surface area contributed by atoms with E-state index in [1.165, 1.54) is 6.07 Å². The van der Waals surface area contributed by atoms with Crippen LogP contribution in [0.1, 0.15) is 5.56 Å². The van der Waals surface area contributed by atoms with Gasteiger partial charge in [0.25, 0.3) is 0 Å². The van der Waals surface area contributed by atoms with Crippen molar-refractivity contribution in [1.29, 1.82) is 0 Å². The average Bonchev–Trinajstić information content (AvgIpc) is 2.07. The van der Waals surface area contributed by atoms with Crippen LogP contribution in [0.5, 0.6) is 0 Å². The molecule has 1 aromatic carbocycles. The Morgan fingerprint density at radius 3 is 2.36 bits per heavy atom. The number of aryl methyl sites for hydroxylation is 1. The van der Waals surface area contributed by atoms with Crippen LogP contribution in [-0.2, 0) is 11.2 Å². The normalized spacial score (nSPS) is 14.1. The molecule has 1 atom stereocenters. The summed E-state index contributed by atoms with van der Waals surface area (Å²) in [6.45, 7) is 1.66. The molecule has 0 fully saturated rings. The molecule has 0 amide bonds. The third kappa shape index (κ3) is 2.56. The van der Waals surface area contributed by atoms with Gasteiger partial charge in [0.2, 0.25) is 0 Å². The minimum absolute atomic E-state index is 0.181. The first kappa shape index (κ1) is 11.7. The summed E-state index contributed by atoms with van der Waals surface area (Å²) in [7, 11) is 0. The minimum Gasteiger partial charge on any atom is -0.604 e. The van der Waals surface area contributed by atoms with Crippen LogP contribution < -0.4 is 0 Å². The van der Waals surface area contributed by atoms with E-state index >= 15 is 0 Å². The molecule has 6 heteroatoms. The van der Waals surface area contributed by atoms with E-state index in [0.29, 0.717) is 5.56 Å². The monoisotopic (exact) mass is 242 g/mol. The zero-order chi connectivity index (χ0) is 10.9. The summed E-state index contributed by atoms with van der Waals surface area (Å²) >= 11 is 2.60. The summed E-state index contributed by atoms with van der Waals surface area (Å²) in [6.07, 6.45) is 0. The molecule has 14 heavy (non-hydrogen) atoms. The zero-order valence-electron chi connectivity index (χ0n) is 7.06. The number of benzene rings is 1. The summed E-state index contributed by atoms with van der Waals surface area (Å²) < 4.78 is 46.9. The highest BCUT2D eigenvalue weighted by molar-refractivity contribution is 7.92. The Bertz CT molecular complexity index is 340. The largest absolute Gasteiger partial charge is 0.604 e. The standard InChI is InChI=1S/C8H6ClF3OS/c1-5-2-3-6(4-7(5)9)14(13)8(10,11)12/h2-4H,1H3. The van der Waals surface area contributed by atoms with Crippen LogP contribution in [0.4, 0.5) is 13.2 Å². The van der Waals surface area contributed by atoms with Gasteiger partial charge in [-0.2, -0.15) is 0 Å². The van der Waals surface area contributed by atoms with Gasteiger partial charge in [-0.05, 0) is 18.6 Å². The summed E-state index contributed by atoms with van der Waals surface area (Å²) in [5.74, 6) is 0. The lowest BCUT2D eigenvalue weighted by molar-refractivity contribution is -0.0435. The molecule has 0 bridgehead atoms. The van der Waals surface area contributed by atoms with Gasteiger partial charge in [0, 0.05) is 11.1 Å².